The second kappa shape index (κ2) is 8.85. The number of hydrogen-bond donors (Lipinski definition) is 3. The van der Waals surface area contributed by atoms with E-state index in [0.717, 1.165) is 32.7 Å². The van der Waals surface area contributed by atoms with E-state index >= 15 is 0 Å². The van der Waals surface area contributed by atoms with Crippen LogP contribution in [0.5, 0.6) is 0 Å². The summed E-state index contributed by atoms with van der Waals surface area (Å²) < 4.78 is 2.20. The van der Waals surface area contributed by atoms with Gasteiger partial charge in [-0.05, 0) is 37.0 Å². The molecule has 2 aromatic heterocycles. The number of allylic oxidation sites excluding steroid dienone is 3. The minimum absolute atomic E-state index is 0.248. The number of thiocarbonyl (C=S) groups is 1. The lowest BCUT2D eigenvalue weighted by Crippen LogP contribution is -2.23. The van der Waals surface area contributed by atoms with Crippen molar-refractivity contribution < 1.29 is 10.4 Å². The average molecular weight is 542 g/mol. The van der Waals surface area contributed by atoms with E-state index in [1.807, 2.05) is 61.5 Å². The molecule has 0 aliphatic heterocycles. The zero-order valence-corrected chi connectivity index (χ0v) is 22.6. The molecule has 3 N–H and O–H groups in total. The third-order valence-electron chi connectivity index (χ3n) is 7.16. The van der Waals surface area contributed by atoms with E-state index in [4.69, 9.17) is 36.7 Å². The van der Waals surface area contributed by atoms with Crippen LogP contribution in [0.3, 0.4) is 0 Å². The number of H-pyrrole nitrogens is 1. The van der Waals surface area contributed by atoms with Gasteiger partial charge in [-0.3, -0.25) is 5.21 Å². The van der Waals surface area contributed by atoms with Gasteiger partial charge in [0.25, 0.3) is 0 Å². The van der Waals surface area contributed by atoms with Crippen molar-refractivity contribution in [3.05, 3.63) is 86.5 Å². The monoisotopic (exact) mass is 541 g/mol. The number of nitrogens with zero attached hydrogens (tertiary/aromatic N) is 2. The lowest BCUT2D eigenvalue weighted by Gasteiger charge is -2.29. The number of aromatic amines is 1. The van der Waals surface area contributed by atoms with Crippen LogP contribution in [-0.4, -0.2) is 25.5 Å². The first-order valence-electron chi connectivity index (χ1n) is 11.9. The van der Waals surface area contributed by atoms with Crippen LogP contribution in [0, 0.1) is 14.9 Å². The molecule has 6 rings (SSSR count). The highest BCUT2D eigenvalue weighted by molar-refractivity contribution is 7.79. The summed E-state index contributed by atoms with van der Waals surface area (Å²) in [6, 6.07) is 15.2. The highest BCUT2D eigenvalue weighted by Crippen LogP contribution is 2.43. The van der Waals surface area contributed by atoms with Crippen LogP contribution in [0.15, 0.2) is 72.0 Å². The van der Waals surface area contributed by atoms with Crippen molar-refractivity contribution in [2.24, 2.45) is 5.92 Å². The van der Waals surface area contributed by atoms with Crippen LogP contribution in [0.25, 0.3) is 43.6 Å². The quantitative estimate of drug-likeness (QED) is 0.0699. The molecule has 0 spiro atoms. The van der Waals surface area contributed by atoms with Gasteiger partial charge in [-0.1, -0.05) is 92.1 Å². The van der Waals surface area contributed by atoms with Crippen LogP contribution in [0.4, 0.5) is 5.69 Å². The predicted molar refractivity (Wildman–Crippen MR) is 160 cm³/mol. The number of fused-ring (bicyclic) bond motifs is 5. The fourth-order valence-electron chi connectivity index (χ4n) is 5.32. The zero-order valence-electron chi connectivity index (χ0n) is 20.1. The van der Waals surface area contributed by atoms with Gasteiger partial charge in [0.05, 0.1) is 31.4 Å². The van der Waals surface area contributed by atoms with E-state index in [9.17, 15) is 10.4 Å². The summed E-state index contributed by atoms with van der Waals surface area (Å²) in [5, 5.41) is 28.9. The number of nitrogens with one attached hydrogen (secondary N) is 1. The van der Waals surface area contributed by atoms with Crippen molar-refractivity contribution >= 4 is 91.3 Å². The van der Waals surface area contributed by atoms with Crippen LogP contribution < -0.4 is 5.06 Å². The number of benzene rings is 3. The maximum absolute atomic E-state index is 11.9. The Morgan fingerprint density at radius 1 is 1.03 bits per heavy atom. The summed E-state index contributed by atoms with van der Waals surface area (Å²) >= 11 is 17.6. The van der Waals surface area contributed by atoms with Crippen LogP contribution in [-0.2, 0) is 0 Å². The molecule has 184 valence electrons. The summed E-state index contributed by atoms with van der Waals surface area (Å²) in [5.41, 5.74) is 5.01. The van der Waals surface area contributed by atoms with Gasteiger partial charge in [0.2, 0.25) is 0 Å². The second-order valence-electron chi connectivity index (χ2n) is 9.48. The van der Waals surface area contributed by atoms with Gasteiger partial charge in [0, 0.05) is 38.0 Å². The van der Waals surface area contributed by atoms with Crippen molar-refractivity contribution in [2.45, 2.75) is 20.3 Å². The highest BCUT2D eigenvalue weighted by Gasteiger charge is 2.27. The van der Waals surface area contributed by atoms with E-state index in [1.54, 1.807) is 0 Å². The van der Waals surface area contributed by atoms with E-state index in [0.29, 0.717) is 58.7 Å². The largest absolute Gasteiger partial charge is 0.428 e. The molecule has 5 nitrogen and oxygen atoms in total. The molecule has 1 aliphatic carbocycles. The van der Waals surface area contributed by atoms with Gasteiger partial charge in [-0.2, -0.15) is 4.73 Å². The summed E-state index contributed by atoms with van der Waals surface area (Å²) in [6.45, 7) is 4.07. The number of aromatic nitrogens is 2. The van der Waals surface area contributed by atoms with E-state index < -0.39 is 0 Å². The zero-order chi connectivity index (χ0) is 26.0. The molecule has 37 heavy (non-hydrogen) atoms. The predicted octanol–water partition coefficient (Wildman–Crippen LogP) is 8.54. The van der Waals surface area contributed by atoms with Crippen molar-refractivity contribution in [3.8, 4) is 0 Å². The van der Waals surface area contributed by atoms with Crippen molar-refractivity contribution in [2.75, 3.05) is 5.06 Å². The molecule has 2 heterocycles. The number of hydrogen-bond acceptors (Lipinski definition) is 6. The first kappa shape index (κ1) is 23.9. The minimum atomic E-state index is 0.248. The molecule has 8 heteroatoms. The molecule has 1 unspecified atom stereocenters. The van der Waals surface area contributed by atoms with Gasteiger partial charge in [-0.25, -0.2) is 5.06 Å². The van der Waals surface area contributed by atoms with Gasteiger partial charge < -0.3 is 10.2 Å². The fourth-order valence-corrected chi connectivity index (χ4v) is 6.29. The SMILES string of the molecule is CC1=CCC(C)C=C1N(O)c1c(C=S)c2[nH]c3ccccc3c(=S)c2c2c1c(=S)c1ccccc1n2O. The molecule has 0 saturated carbocycles. The summed E-state index contributed by atoms with van der Waals surface area (Å²) in [6.07, 6.45) is 5.05. The van der Waals surface area contributed by atoms with E-state index in [2.05, 4.69) is 18.0 Å². The Kier molecular flexibility index (Phi) is 5.72. The third-order valence-corrected chi connectivity index (χ3v) is 8.24. The molecule has 0 amide bonds. The highest BCUT2D eigenvalue weighted by atomic mass is 32.1. The molecule has 0 bridgehead atoms. The minimum Gasteiger partial charge on any atom is -0.428 e. The summed E-state index contributed by atoms with van der Waals surface area (Å²) in [4.78, 5) is 3.48. The molecular weight excluding hydrogens is 519 g/mol. The lowest BCUT2D eigenvalue weighted by atomic mass is 9.94. The average Bonchev–Trinajstić information content (AvgIpc) is 2.91. The maximum atomic E-state index is 11.9. The maximum Gasteiger partial charge on any atom is 0.102 e. The molecule has 0 fully saturated rings. The molecular formula is C29H23N3O2S3. The van der Waals surface area contributed by atoms with Gasteiger partial charge in [0.1, 0.15) is 5.52 Å². The first-order chi connectivity index (χ1) is 17.8. The Bertz CT molecular complexity index is 1990. The van der Waals surface area contributed by atoms with Crippen LogP contribution in [0.1, 0.15) is 25.8 Å². The Balaban J connectivity index is 1.93. The lowest BCUT2D eigenvalue weighted by molar-refractivity contribution is 0.212. The fraction of sp³-hybridized carbons (Fsp3) is 0.138. The number of anilines is 1. The Labute approximate surface area is 228 Å². The van der Waals surface area contributed by atoms with Crippen molar-refractivity contribution in [1.29, 1.82) is 0 Å². The smallest absolute Gasteiger partial charge is 0.102 e. The van der Waals surface area contributed by atoms with E-state index in [-0.39, 0.29) is 5.92 Å². The topological polar surface area (TPSA) is 64.4 Å². The Hall–Kier alpha value is -3.43. The number of para-hydroxylation sites is 2. The first-order valence-corrected chi connectivity index (χ1v) is 13.2. The van der Waals surface area contributed by atoms with Crippen LogP contribution in [0.2, 0.25) is 0 Å². The number of hydroxylamine groups is 1. The van der Waals surface area contributed by atoms with Gasteiger partial charge in [-0.15, -0.1) is 0 Å². The molecule has 0 saturated heterocycles. The Morgan fingerprint density at radius 2 is 1.70 bits per heavy atom. The normalized spacial score (nSPS) is 15.8. The summed E-state index contributed by atoms with van der Waals surface area (Å²) in [7, 11) is 0. The van der Waals surface area contributed by atoms with E-state index in [1.165, 1.54) is 5.37 Å². The van der Waals surface area contributed by atoms with Gasteiger partial charge in [0.15, 0.2) is 0 Å². The van der Waals surface area contributed by atoms with Gasteiger partial charge >= 0.3 is 0 Å². The number of rotatable bonds is 3. The second-order valence-corrected chi connectivity index (χ2v) is 10.5. The molecule has 5 aromatic rings. The standard InChI is InChI=1S/C29H23N3O2S3/c1-15-11-12-16(2)22(13-15)32(34)26-19(14-35)25-23(28(36)17-7-3-5-9-20(17)30-25)27-24(26)29(37)18-8-4-6-10-21(18)31(27)33/h3-10,12-15,33-34H,11H2,1-2H3,(H,30,36). The molecule has 1 aliphatic rings. The number of pyridine rings is 2. The van der Waals surface area contributed by atoms with Crippen LogP contribution >= 0.6 is 36.7 Å². The summed E-state index contributed by atoms with van der Waals surface area (Å²) in [5.74, 6) is 0.248. The Morgan fingerprint density at radius 3 is 2.46 bits per heavy atom. The molecule has 1 atom stereocenters. The molecule has 3 aromatic carbocycles. The molecule has 0 radical (unpaired) electrons. The third kappa shape index (κ3) is 3.48. The van der Waals surface area contributed by atoms with Crippen molar-refractivity contribution in [3.63, 3.8) is 0 Å². The van der Waals surface area contributed by atoms with Crippen molar-refractivity contribution in [1.82, 2.24) is 9.71 Å².